The first-order chi connectivity index (χ1) is 9.89. The number of Topliss-reactive ketones (excluding diaryl/α,β-unsaturated/α-hetero) is 1. The van der Waals surface area contributed by atoms with Crippen molar-refractivity contribution >= 4 is 23.5 Å². The summed E-state index contributed by atoms with van der Waals surface area (Å²) >= 11 is 1.89. The van der Waals surface area contributed by atoms with Crippen LogP contribution in [0.1, 0.15) is 59.3 Å². The molecule has 1 aliphatic rings. The lowest BCUT2D eigenvalue weighted by Gasteiger charge is -2.16. The summed E-state index contributed by atoms with van der Waals surface area (Å²) < 4.78 is 5.21. The number of hydrogen-bond acceptors (Lipinski definition) is 4. The Labute approximate surface area is 132 Å². The fourth-order valence-corrected chi connectivity index (χ4v) is 3.15. The summed E-state index contributed by atoms with van der Waals surface area (Å²) in [4.78, 5) is 22.7. The van der Waals surface area contributed by atoms with Gasteiger partial charge >= 0.3 is 5.97 Å². The number of carbonyl (C=O) groups excluding carboxylic acids is 2. The molecule has 21 heavy (non-hydrogen) atoms. The first-order valence-corrected chi connectivity index (χ1v) is 8.90. The van der Waals surface area contributed by atoms with Gasteiger partial charge in [-0.05, 0) is 46.5 Å². The highest BCUT2D eigenvalue weighted by molar-refractivity contribution is 8.00. The summed E-state index contributed by atoms with van der Waals surface area (Å²) in [6, 6.07) is 0. The predicted molar refractivity (Wildman–Crippen MR) is 88.5 cm³/mol. The quantitative estimate of drug-likeness (QED) is 0.383. The van der Waals surface area contributed by atoms with Crippen molar-refractivity contribution in [2.75, 3.05) is 12.4 Å². The Morgan fingerprint density at radius 2 is 2.10 bits per heavy atom. The van der Waals surface area contributed by atoms with E-state index in [4.69, 9.17) is 4.74 Å². The molecule has 3 nitrogen and oxygen atoms in total. The molecule has 0 aromatic rings. The maximum Gasteiger partial charge on any atom is 0.311 e. The van der Waals surface area contributed by atoms with Crippen LogP contribution < -0.4 is 0 Å². The van der Waals surface area contributed by atoms with Gasteiger partial charge in [0.2, 0.25) is 0 Å². The molecule has 4 heteroatoms. The van der Waals surface area contributed by atoms with Crippen molar-refractivity contribution in [3.63, 3.8) is 0 Å². The second-order valence-electron chi connectivity index (χ2n) is 6.59. The van der Waals surface area contributed by atoms with Gasteiger partial charge in [-0.2, -0.15) is 11.8 Å². The molecule has 0 saturated heterocycles. The summed E-state index contributed by atoms with van der Waals surface area (Å²) in [5.41, 5.74) is -0.404. The van der Waals surface area contributed by atoms with Crippen LogP contribution in [0.4, 0.5) is 0 Å². The van der Waals surface area contributed by atoms with Crippen molar-refractivity contribution in [3.05, 3.63) is 12.2 Å². The van der Waals surface area contributed by atoms with Crippen LogP contribution in [0.25, 0.3) is 0 Å². The minimum Gasteiger partial charge on any atom is -0.465 e. The number of allylic oxidation sites excluding steroid dienone is 1. The Morgan fingerprint density at radius 1 is 1.33 bits per heavy atom. The highest BCUT2D eigenvalue weighted by Crippen LogP contribution is 2.27. The SMILES string of the molecule is CC(C)(C)C(=O)OCCCC/C=C\CSC1CCC(=O)C1. The molecule has 1 rings (SSSR count). The summed E-state index contributed by atoms with van der Waals surface area (Å²) in [7, 11) is 0. The van der Waals surface area contributed by atoms with Crippen LogP contribution in [0.5, 0.6) is 0 Å². The molecule has 1 atom stereocenters. The molecule has 0 aliphatic heterocycles. The number of ether oxygens (including phenoxy) is 1. The molecule has 0 spiro atoms. The molecular formula is C17H28O3S. The second-order valence-corrected chi connectivity index (χ2v) is 7.92. The van der Waals surface area contributed by atoms with Gasteiger partial charge in [-0.25, -0.2) is 0 Å². The maximum atomic E-state index is 11.5. The van der Waals surface area contributed by atoms with E-state index in [1.807, 2.05) is 32.5 Å². The van der Waals surface area contributed by atoms with E-state index in [2.05, 4.69) is 12.2 Å². The zero-order chi connectivity index (χ0) is 15.7. The molecule has 1 fully saturated rings. The lowest BCUT2D eigenvalue weighted by atomic mass is 9.97. The van der Waals surface area contributed by atoms with Gasteiger partial charge in [0.25, 0.3) is 0 Å². The molecule has 0 aromatic heterocycles. The molecule has 0 aromatic carbocycles. The van der Waals surface area contributed by atoms with Gasteiger partial charge in [0, 0.05) is 23.8 Å². The number of hydrogen-bond donors (Lipinski definition) is 0. The number of ketones is 1. The zero-order valence-electron chi connectivity index (χ0n) is 13.5. The van der Waals surface area contributed by atoms with E-state index in [0.29, 0.717) is 17.6 Å². The Morgan fingerprint density at radius 3 is 2.71 bits per heavy atom. The Hall–Kier alpha value is -0.770. The molecule has 0 bridgehead atoms. The molecule has 1 unspecified atom stereocenters. The number of thioether (sulfide) groups is 1. The van der Waals surface area contributed by atoms with Crippen LogP contribution in [0, 0.1) is 5.41 Å². The van der Waals surface area contributed by atoms with E-state index in [1.165, 1.54) is 0 Å². The van der Waals surface area contributed by atoms with Crippen molar-refractivity contribution < 1.29 is 14.3 Å². The Bertz CT molecular complexity index is 369. The second kappa shape index (κ2) is 9.29. The van der Waals surface area contributed by atoms with Gasteiger partial charge in [0.1, 0.15) is 5.78 Å². The first kappa shape index (κ1) is 18.3. The summed E-state index contributed by atoms with van der Waals surface area (Å²) in [5, 5.41) is 0.541. The molecule has 120 valence electrons. The minimum absolute atomic E-state index is 0.124. The molecule has 1 aliphatic carbocycles. The van der Waals surface area contributed by atoms with Crippen LogP contribution in [-0.2, 0) is 14.3 Å². The average molecular weight is 312 g/mol. The monoisotopic (exact) mass is 312 g/mol. The van der Waals surface area contributed by atoms with Crippen LogP contribution in [0.3, 0.4) is 0 Å². The van der Waals surface area contributed by atoms with Gasteiger partial charge in [0.05, 0.1) is 12.0 Å². The Kier molecular flexibility index (Phi) is 8.09. The highest BCUT2D eigenvalue weighted by Gasteiger charge is 2.22. The number of unbranched alkanes of at least 4 members (excludes halogenated alkanes) is 2. The smallest absolute Gasteiger partial charge is 0.311 e. The van der Waals surface area contributed by atoms with Crippen molar-refractivity contribution in [3.8, 4) is 0 Å². The van der Waals surface area contributed by atoms with Crippen molar-refractivity contribution in [2.45, 2.75) is 64.5 Å². The molecule has 1 saturated carbocycles. The number of rotatable bonds is 8. The van der Waals surface area contributed by atoms with Crippen LogP contribution in [-0.4, -0.2) is 29.4 Å². The van der Waals surface area contributed by atoms with Gasteiger partial charge in [0.15, 0.2) is 0 Å². The standard InChI is InChI=1S/C17H28O3S/c1-17(2,3)16(19)20-11-7-5-4-6-8-12-21-15-10-9-14(18)13-15/h6,8,15H,4-5,7,9-13H2,1-3H3/b8-6-. The average Bonchev–Trinajstić information content (AvgIpc) is 2.81. The van der Waals surface area contributed by atoms with Crippen LogP contribution in [0.2, 0.25) is 0 Å². The summed E-state index contributed by atoms with van der Waals surface area (Å²) in [6.07, 6.45) is 9.95. The Balaban J connectivity index is 1.93. The van der Waals surface area contributed by atoms with Crippen molar-refractivity contribution in [1.29, 1.82) is 0 Å². The molecule has 0 radical (unpaired) electrons. The zero-order valence-corrected chi connectivity index (χ0v) is 14.3. The van der Waals surface area contributed by atoms with E-state index in [1.54, 1.807) is 0 Å². The molecule has 0 amide bonds. The molecule has 0 N–H and O–H groups in total. The van der Waals surface area contributed by atoms with Gasteiger partial charge in [-0.15, -0.1) is 0 Å². The third-order valence-corrected chi connectivity index (χ3v) is 4.66. The van der Waals surface area contributed by atoms with Crippen LogP contribution >= 0.6 is 11.8 Å². The van der Waals surface area contributed by atoms with E-state index in [0.717, 1.165) is 44.3 Å². The normalized spacial score (nSPS) is 19.4. The maximum absolute atomic E-state index is 11.5. The van der Waals surface area contributed by atoms with E-state index in [-0.39, 0.29) is 5.97 Å². The van der Waals surface area contributed by atoms with Crippen molar-refractivity contribution in [2.24, 2.45) is 5.41 Å². The third-order valence-electron chi connectivity index (χ3n) is 3.41. The fraction of sp³-hybridized carbons (Fsp3) is 0.765. The van der Waals surface area contributed by atoms with Gasteiger partial charge < -0.3 is 4.74 Å². The van der Waals surface area contributed by atoms with Crippen LogP contribution in [0.15, 0.2) is 12.2 Å². The predicted octanol–water partition coefficient (Wildman–Crippen LogP) is 4.16. The third kappa shape index (κ3) is 8.30. The van der Waals surface area contributed by atoms with E-state index >= 15 is 0 Å². The van der Waals surface area contributed by atoms with Crippen molar-refractivity contribution in [1.82, 2.24) is 0 Å². The fourth-order valence-electron chi connectivity index (χ4n) is 2.05. The summed E-state index contributed by atoms with van der Waals surface area (Å²) in [6.45, 7) is 6.12. The van der Waals surface area contributed by atoms with Gasteiger partial charge in [-0.3, -0.25) is 9.59 Å². The topological polar surface area (TPSA) is 43.4 Å². The minimum atomic E-state index is -0.404. The van der Waals surface area contributed by atoms with Gasteiger partial charge in [-0.1, -0.05) is 12.2 Å². The largest absolute Gasteiger partial charge is 0.465 e. The molecule has 0 heterocycles. The lowest BCUT2D eigenvalue weighted by molar-refractivity contribution is -0.153. The lowest BCUT2D eigenvalue weighted by Crippen LogP contribution is -2.23. The number of carbonyl (C=O) groups is 2. The van der Waals surface area contributed by atoms with E-state index < -0.39 is 5.41 Å². The highest BCUT2D eigenvalue weighted by atomic mass is 32.2. The first-order valence-electron chi connectivity index (χ1n) is 7.85. The number of esters is 1. The summed E-state index contributed by atoms with van der Waals surface area (Å²) in [5.74, 6) is 1.29. The van der Waals surface area contributed by atoms with E-state index in [9.17, 15) is 9.59 Å². The molecular weight excluding hydrogens is 284 g/mol.